The van der Waals surface area contributed by atoms with Crippen LogP contribution in [0, 0.1) is 11.3 Å². The van der Waals surface area contributed by atoms with E-state index in [0.29, 0.717) is 11.1 Å². The largest absolute Gasteiger partial charge is 0.396 e. The zero-order chi connectivity index (χ0) is 11.8. The van der Waals surface area contributed by atoms with Crippen LogP contribution < -0.4 is 11.1 Å². The van der Waals surface area contributed by atoms with Crippen molar-refractivity contribution in [3.8, 4) is 0 Å². The molecule has 1 aliphatic rings. The average molecular weight is 284 g/mol. The molecule has 0 saturated heterocycles. The molecule has 0 spiro atoms. The van der Waals surface area contributed by atoms with Gasteiger partial charge in [0.2, 0.25) is 0 Å². The van der Waals surface area contributed by atoms with Gasteiger partial charge in [0.15, 0.2) is 0 Å². The lowest BCUT2D eigenvalue weighted by Gasteiger charge is -2.20. The van der Waals surface area contributed by atoms with Crippen molar-refractivity contribution < 1.29 is 0 Å². The fraction of sp³-hybridized carbons (Fsp3) is 0.583. The number of hydrogen-bond donors (Lipinski definition) is 2. The van der Waals surface area contributed by atoms with Crippen molar-refractivity contribution in [3.63, 3.8) is 0 Å². The van der Waals surface area contributed by atoms with Gasteiger partial charge in [-0.25, -0.2) is 4.98 Å². The van der Waals surface area contributed by atoms with E-state index in [1.807, 2.05) is 6.07 Å². The topological polar surface area (TPSA) is 50.9 Å². The van der Waals surface area contributed by atoms with Crippen LogP contribution in [-0.2, 0) is 0 Å². The molecule has 1 saturated carbocycles. The number of hydrogen-bond acceptors (Lipinski definition) is 3. The third kappa shape index (κ3) is 2.32. The first-order valence-electron chi connectivity index (χ1n) is 5.68. The fourth-order valence-electron chi connectivity index (χ4n) is 1.98. The number of pyridine rings is 1. The zero-order valence-electron chi connectivity index (χ0n) is 9.76. The smallest absolute Gasteiger partial charge is 0.149 e. The summed E-state index contributed by atoms with van der Waals surface area (Å²) < 4.78 is 0.917. The van der Waals surface area contributed by atoms with E-state index >= 15 is 0 Å². The van der Waals surface area contributed by atoms with E-state index in [0.717, 1.165) is 22.8 Å². The average Bonchev–Trinajstić information content (AvgIpc) is 2.97. The van der Waals surface area contributed by atoms with Crippen molar-refractivity contribution in [1.29, 1.82) is 0 Å². The highest BCUT2D eigenvalue weighted by molar-refractivity contribution is 9.10. The summed E-state index contributed by atoms with van der Waals surface area (Å²) in [7, 11) is 0. The van der Waals surface area contributed by atoms with E-state index in [-0.39, 0.29) is 0 Å². The number of nitrogens with one attached hydrogen (secondary N) is 1. The lowest BCUT2D eigenvalue weighted by molar-refractivity contribution is 0.380. The van der Waals surface area contributed by atoms with Crippen LogP contribution in [0.15, 0.2) is 16.7 Å². The molecule has 0 unspecified atom stereocenters. The second-order valence-corrected chi connectivity index (χ2v) is 5.88. The van der Waals surface area contributed by atoms with E-state index < -0.39 is 0 Å². The molecule has 3 nitrogen and oxygen atoms in total. The molecule has 16 heavy (non-hydrogen) atoms. The number of nitrogens with zero attached hydrogens (tertiary/aromatic N) is 1. The molecule has 0 atom stereocenters. The molecule has 2 rings (SSSR count). The van der Waals surface area contributed by atoms with Crippen LogP contribution in [0.5, 0.6) is 0 Å². The van der Waals surface area contributed by atoms with Crippen molar-refractivity contribution in [2.75, 3.05) is 17.6 Å². The summed E-state index contributed by atoms with van der Waals surface area (Å²) in [6, 6.07) is 1.88. The van der Waals surface area contributed by atoms with E-state index in [1.165, 1.54) is 12.8 Å². The van der Waals surface area contributed by atoms with E-state index in [2.05, 4.69) is 40.1 Å². The number of nitrogen functional groups attached to an aromatic ring is 1. The highest BCUT2D eigenvalue weighted by Crippen LogP contribution is 2.51. The van der Waals surface area contributed by atoms with Crippen molar-refractivity contribution in [1.82, 2.24) is 4.98 Å². The Balaban J connectivity index is 2.00. The van der Waals surface area contributed by atoms with Gasteiger partial charge in [-0.05, 0) is 46.2 Å². The second kappa shape index (κ2) is 4.24. The molecule has 0 radical (unpaired) electrons. The van der Waals surface area contributed by atoms with Crippen LogP contribution in [0.25, 0.3) is 0 Å². The molecule has 1 heterocycles. The highest BCUT2D eigenvalue weighted by atomic mass is 79.9. The Hall–Kier alpha value is -0.770. The SMILES string of the molecule is CC(C)C1(CNc2ncc(Br)cc2N)CC1. The molecular weight excluding hydrogens is 266 g/mol. The molecule has 1 aromatic heterocycles. The minimum Gasteiger partial charge on any atom is -0.396 e. The Labute approximate surface area is 105 Å². The first-order valence-corrected chi connectivity index (χ1v) is 6.48. The van der Waals surface area contributed by atoms with Crippen molar-refractivity contribution in [3.05, 3.63) is 16.7 Å². The quantitative estimate of drug-likeness (QED) is 0.892. The Morgan fingerprint density at radius 2 is 2.25 bits per heavy atom. The number of nitrogens with two attached hydrogens (primary N) is 1. The van der Waals surface area contributed by atoms with Crippen LogP contribution >= 0.6 is 15.9 Å². The van der Waals surface area contributed by atoms with Gasteiger partial charge >= 0.3 is 0 Å². The van der Waals surface area contributed by atoms with Crippen molar-refractivity contribution in [2.24, 2.45) is 11.3 Å². The summed E-state index contributed by atoms with van der Waals surface area (Å²) in [5.74, 6) is 1.52. The normalized spacial score (nSPS) is 17.5. The highest BCUT2D eigenvalue weighted by Gasteiger charge is 2.45. The van der Waals surface area contributed by atoms with E-state index in [4.69, 9.17) is 5.73 Å². The lowest BCUT2D eigenvalue weighted by atomic mass is 9.92. The minimum absolute atomic E-state index is 0.473. The first-order chi connectivity index (χ1) is 7.53. The summed E-state index contributed by atoms with van der Waals surface area (Å²) in [6.45, 7) is 5.55. The summed E-state index contributed by atoms with van der Waals surface area (Å²) in [5, 5.41) is 3.37. The first kappa shape index (κ1) is 11.7. The maximum atomic E-state index is 5.89. The maximum absolute atomic E-state index is 5.89. The molecule has 0 bridgehead atoms. The Bertz CT molecular complexity index is 386. The van der Waals surface area contributed by atoms with E-state index in [1.54, 1.807) is 6.20 Å². The number of aromatic nitrogens is 1. The Morgan fingerprint density at radius 1 is 1.56 bits per heavy atom. The summed E-state index contributed by atoms with van der Waals surface area (Å²) in [6.07, 6.45) is 4.40. The summed E-state index contributed by atoms with van der Waals surface area (Å²) >= 11 is 3.35. The van der Waals surface area contributed by atoms with E-state index in [9.17, 15) is 0 Å². The van der Waals surface area contributed by atoms with Gasteiger partial charge in [-0.1, -0.05) is 13.8 Å². The molecule has 4 heteroatoms. The summed E-state index contributed by atoms with van der Waals surface area (Å²) in [4.78, 5) is 4.29. The second-order valence-electron chi connectivity index (χ2n) is 4.96. The van der Waals surface area contributed by atoms with Crippen molar-refractivity contribution in [2.45, 2.75) is 26.7 Å². The summed E-state index contributed by atoms with van der Waals surface area (Å²) in [5.41, 5.74) is 7.07. The van der Waals surface area contributed by atoms with Gasteiger partial charge in [-0.3, -0.25) is 0 Å². The van der Waals surface area contributed by atoms with Gasteiger partial charge in [-0.2, -0.15) is 0 Å². The molecule has 0 aliphatic heterocycles. The van der Waals surface area contributed by atoms with Gasteiger partial charge in [0.25, 0.3) is 0 Å². The van der Waals surface area contributed by atoms with Gasteiger partial charge < -0.3 is 11.1 Å². The van der Waals surface area contributed by atoms with Crippen LogP contribution in [0.2, 0.25) is 0 Å². The molecule has 3 N–H and O–H groups in total. The monoisotopic (exact) mass is 283 g/mol. The van der Waals surface area contributed by atoms with Crippen LogP contribution in [-0.4, -0.2) is 11.5 Å². The molecular formula is C12H18BrN3. The minimum atomic E-state index is 0.473. The Kier molecular flexibility index (Phi) is 3.10. The predicted molar refractivity (Wildman–Crippen MR) is 71.3 cm³/mol. The predicted octanol–water partition coefficient (Wildman–Crippen LogP) is 3.27. The standard InChI is InChI=1S/C12H18BrN3/c1-8(2)12(3-4-12)7-16-11-10(14)5-9(13)6-15-11/h5-6,8H,3-4,7,14H2,1-2H3,(H,15,16). The van der Waals surface area contributed by atoms with Gasteiger partial charge in [0.1, 0.15) is 5.82 Å². The molecule has 1 aliphatic carbocycles. The Morgan fingerprint density at radius 3 is 2.75 bits per heavy atom. The molecule has 1 aromatic rings. The van der Waals surface area contributed by atoms with Crippen molar-refractivity contribution >= 4 is 27.4 Å². The molecule has 1 fully saturated rings. The third-order valence-corrected chi connectivity index (χ3v) is 4.04. The molecule has 0 aromatic carbocycles. The van der Waals surface area contributed by atoms with Gasteiger partial charge in [-0.15, -0.1) is 0 Å². The van der Waals surface area contributed by atoms with Crippen LogP contribution in [0.1, 0.15) is 26.7 Å². The van der Waals surface area contributed by atoms with Crippen LogP contribution in [0.3, 0.4) is 0 Å². The lowest BCUT2D eigenvalue weighted by Crippen LogP contribution is -2.21. The fourth-order valence-corrected chi connectivity index (χ4v) is 2.33. The number of rotatable bonds is 4. The molecule has 88 valence electrons. The molecule has 0 amide bonds. The van der Waals surface area contributed by atoms with Gasteiger partial charge in [0.05, 0.1) is 5.69 Å². The van der Waals surface area contributed by atoms with Crippen LogP contribution in [0.4, 0.5) is 11.5 Å². The number of halogens is 1. The zero-order valence-corrected chi connectivity index (χ0v) is 11.3. The maximum Gasteiger partial charge on any atom is 0.149 e. The third-order valence-electron chi connectivity index (χ3n) is 3.61. The number of anilines is 2. The van der Waals surface area contributed by atoms with Gasteiger partial charge in [0, 0.05) is 17.2 Å².